The highest BCUT2D eigenvalue weighted by Gasteiger charge is 2.29. The maximum absolute atomic E-state index is 12.1. The van der Waals surface area contributed by atoms with Crippen LogP contribution in [-0.2, 0) is 14.3 Å². The molecule has 1 amide bonds. The minimum absolute atomic E-state index is 0.0651. The van der Waals surface area contributed by atoms with Crippen LogP contribution >= 0.6 is 0 Å². The number of rotatable bonds is 7. The first-order chi connectivity index (χ1) is 12.4. The van der Waals surface area contributed by atoms with Gasteiger partial charge in [-0.3, -0.25) is 19.7 Å². The van der Waals surface area contributed by atoms with Crippen molar-refractivity contribution in [1.82, 2.24) is 5.32 Å². The van der Waals surface area contributed by atoms with E-state index in [1.165, 1.54) is 6.07 Å². The first-order valence-corrected chi connectivity index (χ1v) is 8.80. The van der Waals surface area contributed by atoms with Crippen molar-refractivity contribution >= 4 is 23.3 Å². The van der Waals surface area contributed by atoms with Gasteiger partial charge in [-0.2, -0.15) is 0 Å². The van der Waals surface area contributed by atoms with Gasteiger partial charge < -0.3 is 15.0 Å². The van der Waals surface area contributed by atoms with Crippen molar-refractivity contribution in [2.24, 2.45) is 11.8 Å². The highest BCUT2D eigenvalue weighted by molar-refractivity contribution is 5.81. The Hall–Kier alpha value is -2.64. The predicted molar refractivity (Wildman–Crippen MR) is 96.8 cm³/mol. The molecule has 1 N–H and O–H groups in total. The summed E-state index contributed by atoms with van der Waals surface area (Å²) in [5, 5.41) is 13.8. The summed E-state index contributed by atoms with van der Waals surface area (Å²) in [6, 6.07) is 6.59. The highest BCUT2D eigenvalue weighted by Crippen LogP contribution is 2.31. The summed E-state index contributed by atoms with van der Waals surface area (Å²) < 4.78 is 5.10. The molecule has 1 aliphatic rings. The van der Waals surface area contributed by atoms with Gasteiger partial charge in [0.2, 0.25) is 0 Å². The summed E-state index contributed by atoms with van der Waals surface area (Å²) in [5.41, 5.74) is 0.632. The first kappa shape index (κ1) is 19.7. The largest absolute Gasteiger partial charge is 0.455 e. The molecule has 1 heterocycles. The van der Waals surface area contributed by atoms with E-state index in [4.69, 9.17) is 4.74 Å². The fraction of sp³-hybridized carbons (Fsp3) is 0.556. The number of hydrogen-bond donors (Lipinski definition) is 1. The van der Waals surface area contributed by atoms with Crippen molar-refractivity contribution in [3.8, 4) is 0 Å². The van der Waals surface area contributed by atoms with Crippen LogP contribution in [0.25, 0.3) is 0 Å². The van der Waals surface area contributed by atoms with Gasteiger partial charge in [0.25, 0.3) is 11.6 Å². The number of nitro groups is 1. The molecule has 0 unspecified atom stereocenters. The van der Waals surface area contributed by atoms with E-state index >= 15 is 0 Å². The Morgan fingerprint density at radius 3 is 2.58 bits per heavy atom. The number of ether oxygens (including phenoxy) is 1. The molecule has 1 aliphatic heterocycles. The highest BCUT2D eigenvalue weighted by atomic mass is 16.6. The molecule has 1 fully saturated rings. The SMILES string of the molecule is CC(C)CNC(=O)COC(=O)C1CCN(c2ccccc2[N+](=O)[O-])CC1. The predicted octanol–water partition coefficient (Wildman–Crippen LogP) is 2.13. The van der Waals surface area contributed by atoms with Gasteiger partial charge in [-0.1, -0.05) is 26.0 Å². The van der Waals surface area contributed by atoms with E-state index < -0.39 is 4.92 Å². The normalized spacial score (nSPS) is 15.0. The van der Waals surface area contributed by atoms with Crippen LogP contribution in [0.1, 0.15) is 26.7 Å². The van der Waals surface area contributed by atoms with Crippen LogP contribution in [0.2, 0.25) is 0 Å². The summed E-state index contributed by atoms with van der Waals surface area (Å²) in [6.07, 6.45) is 1.08. The Morgan fingerprint density at radius 1 is 1.31 bits per heavy atom. The van der Waals surface area contributed by atoms with E-state index in [0.29, 0.717) is 44.1 Å². The number of benzene rings is 1. The summed E-state index contributed by atoms with van der Waals surface area (Å²) in [7, 11) is 0. The topological polar surface area (TPSA) is 102 Å². The molecule has 0 atom stereocenters. The molecule has 1 saturated heterocycles. The van der Waals surface area contributed by atoms with E-state index in [9.17, 15) is 19.7 Å². The maximum atomic E-state index is 12.1. The molecule has 2 rings (SSSR count). The van der Waals surface area contributed by atoms with Gasteiger partial charge in [0.05, 0.1) is 10.8 Å². The Bertz CT molecular complexity index is 654. The standard InChI is InChI=1S/C18H25N3O5/c1-13(2)11-19-17(22)12-26-18(23)14-7-9-20(10-8-14)15-5-3-4-6-16(15)21(24)25/h3-6,13-14H,7-12H2,1-2H3,(H,19,22). The number of piperidine rings is 1. The average Bonchev–Trinajstić information content (AvgIpc) is 2.64. The molecule has 0 spiro atoms. The molecule has 0 aromatic heterocycles. The van der Waals surface area contributed by atoms with Crippen molar-refractivity contribution in [1.29, 1.82) is 0 Å². The molecular weight excluding hydrogens is 338 g/mol. The van der Waals surface area contributed by atoms with Crippen molar-refractivity contribution in [3.05, 3.63) is 34.4 Å². The van der Waals surface area contributed by atoms with Gasteiger partial charge in [-0.05, 0) is 24.8 Å². The lowest BCUT2D eigenvalue weighted by Crippen LogP contribution is -2.38. The summed E-state index contributed by atoms with van der Waals surface area (Å²) in [5.74, 6) is -0.635. The Labute approximate surface area is 152 Å². The lowest BCUT2D eigenvalue weighted by Gasteiger charge is -2.32. The number of anilines is 1. The van der Waals surface area contributed by atoms with E-state index in [1.807, 2.05) is 18.7 Å². The molecule has 0 radical (unpaired) electrons. The molecule has 8 heteroatoms. The minimum Gasteiger partial charge on any atom is -0.455 e. The molecule has 0 bridgehead atoms. The number of amides is 1. The second-order valence-electron chi connectivity index (χ2n) is 6.81. The van der Waals surface area contributed by atoms with Crippen LogP contribution in [-0.4, -0.2) is 43.0 Å². The van der Waals surface area contributed by atoms with Crippen LogP contribution in [0.15, 0.2) is 24.3 Å². The first-order valence-electron chi connectivity index (χ1n) is 8.80. The number of hydrogen-bond acceptors (Lipinski definition) is 6. The number of para-hydroxylation sites is 2. The van der Waals surface area contributed by atoms with Gasteiger partial charge in [-0.15, -0.1) is 0 Å². The van der Waals surface area contributed by atoms with Crippen LogP contribution in [0.5, 0.6) is 0 Å². The second kappa shape index (κ2) is 9.17. The quantitative estimate of drug-likeness (QED) is 0.452. The van der Waals surface area contributed by atoms with Gasteiger partial charge in [-0.25, -0.2) is 0 Å². The van der Waals surface area contributed by atoms with E-state index in [-0.39, 0.29) is 30.1 Å². The number of nitrogens with zero attached hydrogens (tertiary/aromatic N) is 2. The second-order valence-corrected chi connectivity index (χ2v) is 6.81. The number of esters is 1. The van der Waals surface area contributed by atoms with Crippen LogP contribution < -0.4 is 10.2 Å². The summed E-state index contributed by atoms with van der Waals surface area (Å²) in [6.45, 7) is 5.31. The Morgan fingerprint density at radius 2 is 1.96 bits per heavy atom. The summed E-state index contributed by atoms with van der Waals surface area (Å²) in [4.78, 5) is 36.4. The zero-order valence-electron chi connectivity index (χ0n) is 15.1. The number of nitro benzene ring substituents is 1. The number of carbonyl (C=O) groups is 2. The Balaban J connectivity index is 1.82. The monoisotopic (exact) mass is 363 g/mol. The average molecular weight is 363 g/mol. The van der Waals surface area contributed by atoms with E-state index in [0.717, 1.165) is 0 Å². The van der Waals surface area contributed by atoms with Crippen molar-refractivity contribution < 1.29 is 19.2 Å². The zero-order chi connectivity index (χ0) is 19.1. The van der Waals surface area contributed by atoms with Crippen LogP contribution in [0.3, 0.4) is 0 Å². The Kier molecular flexibility index (Phi) is 6.94. The van der Waals surface area contributed by atoms with Gasteiger partial charge in [0.15, 0.2) is 6.61 Å². The third kappa shape index (κ3) is 5.44. The van der Waals surface area contributed by atoms with Gasteiger partial charge in [0, 0.05) is 25.7 Å². The van der Waals surface area contributed by atoms with Crippen molar-refractivity contribution in [3.63, 3.8) is 0 Å². The number of nitrogens with one attached hydrogen (secondary N) is 1. The van der Waals surface area contributed by atoms with Gasteiger partial charge >= 0.3 is 5.97 Å². The van der Waals surface area contributed by atoms with Crippen molar-refractivity contribution in [2.75, 3.05) is 31.1 Å². The minimum atomic E-state index is -0.397. The molecule has 1 aromatic rings. The molecule has 1 aromatic carbocycles. The smallest absolute Gasteiger partial charge is 0.309 e. The zero-order valence-corrected chi connectivity index (χ0v) is 15.1. The molecule has 0 saturated carbocycles. The van der Waals surface area contributed by atoms with Crippen LogP contribution in [0.4, 0.5) is 11.4 Å². The number of carbonyl (C=O) groups excluding carboxylic acids is 2. The van der Waals surface area contributed by atoms with E-state index in [2.05, 4.69) is 5.32 Å². The fourth-order valence-electron chi connectivity index (χ4n) is 2.87. The lowest BCUT2D eigenvalue weighted by molar-refractivity contribution is -0.384. The molecule has 142 valence electrons. The summed E-state index contributed by atoms with van der Waals surface area (Å²) >= 11 is 0. The lowest BCUT2D eigenvalue weighted by atomic mass is 9.96. The third-order valence-corrected chi connectivity index (χ3v) is 4.30. The third-order valence-electron chi connectivity index (χ3n) is 4.30. The van der Waals surface area contributed by atoms with E-state index in [1.54, 1.807) is 18.2 Å². The molecule has 0 aliphatic carbocycles. The molecule has 26 heavy (non-hydrogen) atoms. The van der Waals surface area contributed by atoms with Crippen LogP contribution in [0, 0.1) is 22.0 Å². The maximum Gasteiger partial charge on any atom is 0.309 e. The molecular formula is C18H25N3O5. The fourth-order valence-corrected chi connectivity index (χ4v) is 2.87. The van der Waals surface area contributed by atoms with Crippen molar-refractivity contribution in [2.45, 2.75) is 26.7 Å². The molecule has 8 nitrogen and oxygen atoms in total. The van der Waals surface area contributed by atoms with Gasteiger partial charge in [0.1, 0.15) is 5.69 Å².